The van der Waals surface area contributed by atoms with Crippen LogP contribution in [-0.4, -0.2) is 28.7 Å². The molecule has 0 aliphatic rings. The summed E-state index contributed by atoms with van der Waals surface area (Å²) in [6.07, 6.45) is 0. The van der Waals surface area contributed by atoms with Crippen LogP contribution in [0.5, 0.6) is 5.75 Å². The van der Waals surface area contributed by atoms with Crippen LogP contribution in [0, 0.1) is 20.8 Å². The van der Waals surface area contributed by atoms with Gasteiger partial charge in [-0.1, -0.05) is 17.8 Å². The summed E-state index contributed by atoms with van der Waals surface area (Å²) in [5, 5.41) is 4.82. The molecule has 5 nitrogen and oxygen atoms in total. The van der Waals surface area contributed by atoms with Gasteiger partial charge in [-0.15, -0.1) is 11.3 Å². The first kappa shape index (κ1) is 17.7. The van der Waals surface area contributed by atoms with E-state index < -0.39 is 0 Å². The van der Waals surface area contributed by atoms with Crippen molar-refractivity contribution in [2.45, 2.75) is 25.8 Å². The molecule has 1 amide bonds. The molecule has 1 aromatic carbocycles. The molecule has 0 atom stereocenters. The van der Waals surface area contributed by atoms with Crippen LogP contribution >= 0.6 is 23.1 Å². The Morgan fingerprint density at radius 2 is 2.08 bits per heavy atom. The number of aryl methyl sites for hydroxylation is 3. The maximum atomic E-state index is 12.3. The first-order valence-electron chi connectivity index (χ1n) is 7.79. The van der Waals surface area contributed by atoms with Crippen LogP contribution in [0.1, 0.15) is 16.3 Å². The molecule has 0 bridgehead atoms. The van der Waals surface area contributed by atoms with Crippen molar-refractivity contribution in [3.63, 3.8) is 0 Å². The van der Waals surface area contributed by atoms with Gasteiger partial charge in [0.2, 0.25) is 5.91 Å². The molecule has 0 radical (unpaired) electrons. The van der Waals surface area contributed by atoms with Gasteiger partial charge in [-0.25, -0.2) is 9.97 Å². The zero-order valence-electron chi connectivity index (χ0n) is 14.5. The minimum atomic E-state index is -0.0766. The SMILES string of the molecule is COc1cccc(NC(=O)CSc2nc(C)nc3sc(C)c(C)c23)c1. The van der Waals surface area contributed by atoms with Gasteiger partial charge in [-0.2, -0.15) is 0 Å². The normalized spacial score (nSPS) is 10.9. The molecule has 0 spiro atoms. The van der Waals surface area contributed by atoms with Crippen LogP contribution in [0.15, 0.2) is 29.3 Å². The Morgan fingerprint density at radius 1 is 1.28 bits per heavy atom. The minimum Gasteiger partial charge on any atom is -0.497 e. The maximum Gasteiger partial charge on any atom is 0.234 e. The number of benzene rings is 1. The third-order valence-electron chi connectivity index (χ3n) is 3.80. The van der Waals surface area contributed by atoms with Crippen molar-refractivity contribution in [3.05, 3.63) is 40.5 Å². The van der Waals surface area contributed by atoms with Crippen LogP contribution in [0.3, 0.4) is 0 Å². The number of hydrogen-bond acceptors (Lipinski definition) is 6. The highest BCUT2D eigenvalue weighted by atomic mass is 32.2. The molecule has 0 unspecified atom stereocenters. The second kappa shape index (κ2) is 7.41. The standard InChI is InChI=1S/C18H19N3O2S2/c1-10-11(2)25-18-16(10)17(19-12(3)20-18)24-9-15(22)21-13-6-5-7-14(8-13)23-4/h5-8H,9H2,1-4H3,(H,21,22). The fourth-order valence-electron chi connectivity index (χ4n) is 2.45. The predicted octanol–water partition coefficient (Wildman–Crippen LogP) is 4.36. The summed E-state index contributed by atoms with van der Waals surface area (Å²) in [6, 6.07) is 7.31. The van der Waals surface area contributed by atoms with E-state index in [1.165, 1.54) is 22.2 Å². The Kier molecular flexibility index (Phi) is 5.24. The van der Waals surface area contributed by atoms with Crippen molar-refractivity contribution in [2.24, 2.45) is 0 Å². The van der Waals surface area contributed by atoms with E-state index in [9.17, 15) is 4.79 Å². The summed E-state index contributed by atoms with van der Waals surface area (Å²) < 4.78 is 5.17. The number of thiophene rings is 1. The van der Waals surface area contributed by atoms with Gasteiger partial charge >= 0.3 is 0 Å². The molecule has 3 rings (SSSR count). The monoisotopic (exact) mass is 373 g/mol. The Labute approximate surface area is 154 Å². The highest BCUT2D eigenvalue weighted by Crippen LogP contribution is 2.35. The lowest BCUT2D eigenvalue weighted by Crippen LogP contribution is -2.14. The van der Waals surface area contributed by atoms with E-state index in [-0.39, 0.29) is 11.7 Å². The zero-order valence-corrected chi connectivity index (χ0v) is 16.2. The molecule has 0 aliphatic heterocycles. The number of rotatable bonds is 5. The predicted molar refractivity (Wildman–Crippen MR) is 104 cm³/mol. The smallest absolute Gasteiger partial charge is 0.234 e. The summed E-state index contributed by atoms with van der Waals surface area (Å²) >= 11 is 3.11. The molecule has 2 heterocycles. The lowest BCUT2D eigenvalue weighted by molar-refractivity contribution is -0.113. The molecule has 130 valence electrons. The lowest BCUT2D eigenvalue weighted by Gasteiger charge is -2.08. The number of amides is 1. The van der Waals surface area contributed by atoms with E-state index in [0.29, 0.717) is 5.75 Å². The quantitative estimate of drug-likeness (QED) is 0.532. The van der Waals surface area contributed by atoms with Gasteiger partial charge in [0.25, 0.3) is 0 Å². The Hall–Kier alpha value is -2.12. The first-order valence-corrected chi connectivity index (χ1v) is 9.59. The van der Waals surface area contributed by atoms with Crippen molar-refractivity contribution in [1.29, 1.82) is 0 Å². The number of carbonyl (C=O) groups is 1. The second-order valence-corrected chi connectivity index (χ2v) is 7.78. The fraction of sp³-hybridized carbons (Fsp3) is 0.278. The van der Waals surface area contributed by atoms with Crippen LogP contribution < -0.4 is 10.1 Å². The molecular weight excluding hydrogens is 354 g/mol. The average Bonchev–Trinajstić information content (AvgIpc) is 2.87. The van der Waals surface area contributed by atoms with Gasteiger partial charge in [0.05, 0.1) is 12.9 Å². The van der Waals surface area contributed by atoms with Crippen LogP contribution in [0.25, 0.3) is 10.2 Å². The number of thioether (sulfide) groups is 1. The number of methoxy groups -OCH3 is 1. The number of ether oxygens (including phenoxy) is 1. The van der Waals surface area contributed by atoms with Crippen molar-refractivity contribution in [3.8, 4) is 5.75 Å². The molecule has 2 aromatic heterocycles. The van der Waals surface area contributed by atoms with Gasteiger partial charge < -0.3 is 10.1 Å². The third-order valence-corrected chi connectivity index (χ3v) is 5.88. The summed E-state index contributed by atoms with van der Waals surface area (Å²) in [5.74, 6) is 1.65. The number of hydrogen-bond donors (Lipinski definition) is 1. The summed E-state index contributed by atoms with van der Waals surface area (Å²) in [4.78, 5) is 23.6. The Bertz CT molecular complexity index is 937. The first-order chi connectivity index (χ1) is 12.0. The number of nitrogens with one attached hydrogen (secondary N) is 1. The molecule has 0 fully saturated rings. The van der Waals surface area contributed by atoms with Crippen LogP contribution in [-0.2, 0) is 4.79 Å². The van der Waals surface area contributed by atoms with Crippen molar-refractivity contribution >= 4 is 44.9 Å². The number of aromatic nitrogens is 2. The average molecular weight is 374 g/mol. The minimum absolute atomic E-state index is 0.0766. The van der Waals surface area contributed by atoms with Gasteiger partial charge in [-0.05, 0) is 38.5 Å². The largest absolute Gasteiger partial charge is 0.497 e. The highest BCUT2D eigenvalue weighted by molar-refractivity contribution is 8.00. The zero-order chi connectivity index (χ0) is 18.0. The lowest BCUT2D eigenvalue weighted by atomic mass is 10.2. The van der Waals surface area contributed by atoms with E-state index in [2.05, 4.69) is 29.1 Å². The van der Waals surface area contributed by atoms with Crippen molar-refractivity contribution in [2.75, 3.05) is 18.2 Å². The number of fused-ring (bicyclic) bond motifs is 1. The fourth-order valence-corrected chi connectivity index (χ4v) is 4.52. The molecule has 0 saturated carbocycles. The topological polar surface area (TPSA) is 64.1 Å². The number of nitrogens with zero attached hydrogens (tertiary/aromatic N) is 2. The van der Waals surface area contributed by atoms with E-state index in [1.807, 2.05) is 25.1 Å². The molecule has 3 aromatic rings. The van der Waals surface area contributed by atoms with Gasteiger partial charge in [0.1, 0.15) is 21.4 Å². The molecule has 25 heavy (non-hydrogen) atoms. The summed E-state index contributed by atoms with van der Waals surface area (Å²) in [6.45, 7) is 6.04. The molecular formula is C18H19N3O2S2. The number of anilines is 1. The molecule has 1 N–H and O–H groups in total. The molecule has 7 heteroatoms. The van der Waals surface area contributed by atoms with Crippen molar-refractivity contribution < 1.29 is 9.53 Å². The van der Waals surface area contributed by atoms with E-state index >= 15 is 0 Å². The molecule has 0 aliphatic carbocycles. The van der Waals surface area contributed by atoms with Gasteiger partial charge in [0, 0.05) is 22.0 Å². The maximum absolute atomic E-state index is 12.3. The van der Waals surface area contributed by atoms with Gasteiger partial charge in [0.15, 0.2) is 0 Å². The summed E-state index contributed by atoms with van der Waals surface area (Å²) in [5.41, 5.74) is 1.91. The van der Waals surface area contributed by atoms with E-state index in [0.717, 1.165) is 26.8 Å². The number of carbonyl (C=O) groups excluding carboxylic acids is 1. The van der Waals surface area contributed by atoms with Crippen LogP contribution in [0.2, 0.25) is 0 Å². The van der Waals surface area contributed by atoms with E-state index in [4.69, 9.17) is 4.74 Å². The van der Waals surface area contributed by atoms with Gasteiger partial charge in [-0.3, -0.25) is 4.79 Å². The summed E-state index contributed by atoms with van der Waals surface area (Å²) in [7, 11) is 1.60. The van der Waals surface area contributed by atoms with E-state index in [1.54, 1.807) is 24.5 Å². The third kappa shape index (κ3) is 3.93. The van der Waals surface area contributed by atoms with Crippen LogP contribution in [0.4, 0.5) is 5.69 Å². The molecule has 0 saturated heterocycles. The highest BCUT2D eigenvalue weighted by Gasteiger charge is 2.15. The Balaban J connectivity index is 1.75. The second-order valence-electron chi connectivity index (χ2n) is 5.61. The Morgan fingerprint density at radius 3 is 2.84 bits per heavy atom. The van der Waals surface area contributed by atoms with Crippen molar-refractivity contribution in [1.82, 2.24) is 9.97 Å².